The molecule has 15 heavy (non-hydrogen) atoms. The summed E-state index contributed by atoms with van der Waals surface area (Å²) in [5, 5.41) is 7.99. The maximum Gasteiger partial charge on any atom is 0.248 e. The normalized spacial score (nSPS) is 21.9. The van der Waals surface area contributed by atoms with Crippen LogP contribution in [-0.2, 0) is 6.54 Å². The summed E-state index contributed by atoms with van der Waals surface area (Å²) in [5.41, 5.74) is 0.133. The number of nitrogens with one attached hydrogen (secondary N) is 1. The van der Waals surface area contributed by atoms with E-state index in [0.717, 1.165) is 10.9 Å². The minimum atomic E-state index is 0.133. The molecule has 0 atom stereocenters. The number of nitrogens with zero attached hydrogens (tertiary/aromatic N) is 3. The van der Waals surface area contributed by atoms with Gasteiger partial charge in [0.1, 0.15) is 6.54 Å². The highest BCUT2D eigenvalue weighted by atomic mass is 32.2. The molecule has 1 aliphatic rings. The molecule has 0 unspecified atom stereocenters. The summed E-state index contributed by atoms with van der Waals surface area (Å²) in [4.78, 5) is 8.46. The van der Waals surface area contributed by atoms with Gasteiger partial charge in [0, 0.05) is 11.3 Å². The van der Waals surface area contributed by atoms with Gasteiger partial charge in [-0.15, -0.1) is 0 Å². The van der Waals surface area contributed by atoms with Crippen LogP contribution in [0.25, 0.3) is 0 Å². The molecule has 0 saturated carbocycles. The van der Waals surface area contributed by atoms with Crippen molar-refractivity contribution in [1.82, 2.24) is 15.5 Å². The van der Waals surface area contributed by atoms with Gasteiger partial charge < -0.3 is 9.84 Å². The predicted octanol–water partition coefficient (Wildman–Crippen LogP) is 1.35. The first-order valence-electron chi connectivity index (χ1n) is 4.80. The van der Waals surface area contributed by atoms with E-state index in [4.69, 9.17) is 4.52 Å². The van der Waals surface area contributed by atoms with Crippen LogP contribution in [0, 0.1) is 6.92 Å². The summed E-state index contributed by atoms with van der Waals surface area (Å²) < 4.78 is 4.97. The second kappa shape index (κ2) is 3.84. The SMILES string of the molecule is Cc1noc(CN=C2NC(C)(C)CS2)n1. The van der Waals surface area contributed by atoms with Gasteiger partial charge in [-0.05, 0) is 20.8 Å². The molecular weight excluding hydrogens is 212 g/mol. The van der Waals surface area contributed by atoms with Crippen molar-refractivity contribution in [3.8, 4) is 0 Å². The smallest absolute Gasteiger partial charge is 0.248 e. The third kappa shape index (κ3) is 2.71. The third-order valence-electron chi connectivity index (χ3n) is 1.94. The van der Waals surface area contributed by atoms with E-state index in [1.807, 2.05) is 0 Å². The first kappa shape index (κ1) is 10.5. The van der Waals surface area contributed by atoms with E-state index in [1.54, 1.807) is 18.7 Å². The molecule has 1 aromatic heterocycles. The van der Waals surface area contributed by atoms with E-state index in [1.165, 1.54) is 0 Å². The lowest BCUT2D eigenvalue weighted by Crippen LogP contribution is -2.36. The average molecular weight is 226 g/mol. The molecule has 6 heteroatoms. The lowest BCUT2D eigenvalue weighted by molar-refractivity contribution is 0.376. The highest BCUT2D eigenvalue weighted by Gasteiger charge is 2.27. The Morgan fingerprint density at radius 1 is 1.60 bits per heavy atom. The largest absolute Gasteiger partial charge is 0.359 e. The summed E-state index contributed by atoms with van der Waals surface area (Å²) in [7, 11) is 0. The van der Waals surface area contributed by atoms with Crippen molar-refractivity contribution in [3.05, 3.63) is 11.7 Å². The molecule has 82 valence electrons. The Morgan fingerprint density at radius 3 is 2.93 bits per heavy atom. The molecule has 0 aromatic carbocycles. The summed E-state index contributed by atoms with van der Waals surface area (Å²) >= 11 is 1.72. The summed E-state index contributed by atoms with van der Waals surface area (Å²) in [5.74, 6) is 2.25. The molecule has 5 nitrogen and oxygen atoms in total. The van der Waals surface area contributed by atoms with Crippen LogP contribution in [0.2, 0.25) is 0 Å². The second-order valence-corrected chi connectivity index (χ2v) is 5.12. The first-order chi connectivity index (χ1) is 7.05. The molecule has 2 rings (SSSR count). The number of hydrogen-bond acceptors (Lipinski definition) is 5. The second-order valence-electron chi connectivity index (χ2n) is 4.15. The van der Waals surface area contributed by atoms with Gasteiger partial charge in [0.25, 0.3) is 0 Å². The lowest BCUT2D eigenvalue weighted by Gasteiger charge is -2.15. The third-order valence-corrected chi connectivity index (χ3v) is 3.31. The molecule has 0 aliphatic carbocycles. The number of rotatable bonds is 2. The number of thioether (sulfide) groups is 1. The van der Waals surface area contributed by atoms with Crippen molar-refractivity contribution in [1.29, 1.82) is 0 Å². The van der Waals surface area contributed by atoms with E-state index in [-0.39, 0.29) is 5.54 Å². The quantitative estimate of drug-likeness (QED) is 0.824. The number of amidine groups is 1. The topological polar surface area (TPSA) is 63.3 Å². The van der Waals surface area contributed by atoms with Crippen LogP contribution in [-0.4, -0.2) is 26.6 Å². The maximum absolute atomic E-state index is 4.97. The van der Waals surface area contributed by atoms with Crippen LogP contribution in [0.4, 0.5) is 0 Å². The highest BCUT2D eigenvalue weighted by Crippen LogP contribution is 2.22. The first-order valence-corrected chi connectivity index (χ1v) is 5.78. The molecule has 2 heterocycles. The monoisotopic (exact) mass is 226 g/mol. The maximum atomic E-state index is 4.97. The Hall–Kier alpha value is -1.04. The zero-order valence-corrected chi connectivity index (χ0v) is 9.89. The fourth-order valence-corrected chi connectivity index (χ4v) is 2.31. The van der Waals surface area contributed by atoms with Crippen molar-refractivity contribution in [3.63, 3.8) is 0 Å². The van der Waals surface area contributed by atoms with Gasteiger partial charge in [-0.25, -0.2) is 0 Å². The van der Waals surface area contributed by atoms with Gasteiger partial charge in [0.05, 0.1) is 0 Å². The van der Waals surface area contributed by atoms with Crippen LogP contribution >= 0.6 is 11.8 Å². The zero-order chi connectivity index (χ0) is 10.9. The van der Waals surface area contributed by atoms with Gasteiger partial charge in [-0.2, -0.15) is 4.98 Å². The van der Waals surface area contributed by atoms with Crippen LogP contribution in [0.3, 0.4) is 0 Å². The van der Waals surface area contributed by atoms with Crippen LogP contribution < -0.4 is 5.32 Å². The van der Waals surface area contributed by atoms with Crippen molar-refractivity contribution in [2.75, 3.05) is 5.75 Å². The fraction of sp³-hybridized carbons (Fsp3) is 0.667. The van der Waals surface area contributed by atoms with Crippen molar-refractivity contribution in [2.45, 2.75) is 32.9 Å². The Morgan fingerprint density at radius 2 is 2.40 bits per heavy atom. The number of aryl methyl sites for hydroxylation is 1. The summed E-state index contributed by atoms with van der Waals surface area (Å²) in [6.45, 7) is 6.55. The fourth-order valence-electron chi connectivity index (χ4n) is 1.24. The molecule has 0 bridgehead atoms. The average Bonchev–Trinajstić information content (AvgIpc) is 2.69. The van der Waals surface area contributed by atoms with Gasteiger partial charge in [0.15, 0.2) is 11.0 Å². The molecule has 1 fully saturated rings. The summed E-state index contributed by atoms with van der Waals surface area (Å²) in [6.07, 6.45) is 0. The van der Waals surface area contributed by atoms with Gasteiger partial charge in [-0.1, -0.05) is 16.9 Å². The standard InChI is InChI=1S/C9H14N4OS/c1-6-11-7(14-13-6)4-10-8-12-9(2,3)5-15-8/h4-5H2,1-3H3,(H,10,12). The molecule has 0 radical (unpaired) electrons. The minimum absolute atomic E-state index is 0.133. The van der Waals surface area contributed by atoms with E-state index in [9.17, 15) is 0 Å². The lowest BCUT2D eigenvalue weighted by atomic mass is 10.1. The van der Waals surface area contributed by atoms with Gasteiger partial charge in [0.2, 0.25) is 5.89 Å². The number of hydrogen-bond donors (Lipinski definition) is 1. The molecule has 1 aromatic rings. The summed E-state index contributed by atoms with van der Waals surface area (Å²) in [6, 6.07) is 0. The van der Waals surface area contributed by atoms with Gasteiger partial charge in [-0.3, -0.25) is 4.99 Å². The van der Waals surface area contributed by atoms with Gasteiger partial charge >= 0.3 is 0 Å². The molecule has 1 N–H and O–H groups in total. The Kier molecular flexibility index (Phi) is 2.68. The van der Waals surface area contributed by atoms with Crippen LogP contribution in [0.5, 0.6) is 0 Å². The van der Waals surface area contributed by atoms with Crippen molar-refractivity contribution < 1.29 is 4.52 Å². The molecule has 0 spiro atoms. The Balaban J connectivity index is 1.95. The molecule has 1 aliphatic heterocycles. The van der Waals surface area contributed by atoms with E-state index < -0.39 is 0 Å². The van der Waals surface area contributed by atoms with E-state index in [2.05, 4.69) is 34.3 Å². The van der Waals surface area contributed by atoms with Crippen LogP contribution in [0.15, 0.2) is 9.52 Å². The zero-order valence-electron chi connectivity index (χ0n) is 9.07. The van der Waals surface area contributed by atoms with E-state index in [0.29, 0.717) is 18.3 Å². The number of aliphatic imine (C=N–C) groups is 1. The number of aromatic nitrogens is 2. The van der Waals surface area contributed by atoms with Crippen LogP contribution in [0.1, 0.15) is 25.6 Å². The highest BCUT2D eigenvalue weighted by molar-refractivity contribution is 8.14. The minimum Gasteiger partial charge on any atom is -0.359 e. The Labute approximate surface area is 92.7 Å². The van der Waals surface area contributed by atoms with E-state index >= 15 is 0 Å². The molecule has 0 amide bonds. The predicted molar refractivity (Wildman–Crippen MR) is 59.8 cm³/mol. The molecular formula is C9H14N4OS. The van der Waals surface area contributed by atoms with Crippen molar-refractivity contribution in [2.24, 2.45) is 4.99 Å². The molecule has 1 saturated heterocycles. The van der Waals surface area contributed by atoms with Crippen molar-refractivity contribution >= 4 is 16.9 Å². The Bertz CT molecular complexity index is 385.